The molecule has 0 aliphatic carbocycles. The molecule has 20 heavy (non-hydrogen) atoms. The van der Waals surface area contributed by atoms with Crippen LogP contribution in [-0.2, 0) is 0 Å². The van der Waals surface area contributed by atoms with E-state index in [-0.39, 0.29) is 11.3 Å². The first-order valence-corrected chi connectivity index (χ1v) is 5.57. The van der Waals surface area contributed by atoms with Gasteiger partial charge in [0.25, 0.3) is 0 Å². The largest absolute Gasteiger partial charge is 0.478 e. The zero-order valence-electron chi connectivity index (χ0n) is 10.1. The normalized spacial score (nSPS) is 9.85. The molecular weight excluding hydrogens is 265 g/mol. The number of rotatable bonds is 3. The molecule has 0 aliphatic heterocycles. The van der Waals surface area contributed by atoms with Gasteiger partial charge >= 0.3 is 12.0 Å². The molecule has 7 heteroatoms. The van der Waals surface area contributed by atoms with E-state index in [0.717, 1.165) is 18.2 Å². The molecule has 0 unspecified atom stereocenters. The van der Waals surface area contributed by atoms with Gasteiger partial charge in [0.1, 0.15) is 5.82 Å². The van der Waals surface area contributed by atoms with Crippen molar-refractivity contribution in [3.8, 4) is 0 Å². The smallest absolute Gasteiger partial charge is 0.337 e. The summed E-state index contributed by atoms with van der Waals surface area (Å²) in [6.07, 6.45) is 2.96. The van der Waals surface area contributed by atoms with E-state index in [2.05, 4.69) is 15.6 Å². The summed E-state index contributed by atoms with van der Waals surface area (Å²) >= 11 is 0. The van der Waals surface area contributed by atoms with Crippen LogP contribution in [0, 0.1) is 5.82 Å². The van der Waals surface area contributed by atoms with Gasteiger partial charge in [-0.25, -0.2) is 14.0 Å². The second-order valence-corrected chi connectivity index (χ2v) is 3.82. The summed E-state index contributed by atoms with van der Waals surface area (Å²) in [6, 6.07) is 5.57. The lowest BCUT2D eigenvalue weighted by Gasteiger charge is -2.09. The maximum atomic E-state index is 13.1. The molecule has 1 heterocycles. The average Bonchev–Trinajstić information content (AvgIpc) is 2.39. The zero-order chi connectivity index (χ0) is 14.5. The lowest BCUT2D eigenvalue weighted by atomic mass is 10.2. The summed E-state index contributed by atoms with van der Waals surface area (Å²) in [5.41, 5.74) is 0.102. The number of amides is 2. The predicted octanol–water partition coefficient (Wildman–Crippen LogP) is 2.56. The Balaban J connectivity index is 2.15. The molecule has 2 amide bonds. The van der Waals surface area contributed by atoms with E-state index >= 15 is 0 Å². The van der Waals surface area contributed by atoms with E-state index in [9.17, 15) is 14.0 Å². The summed E-state index contributed by atoms with van der Waals surface area (Å²) in [5.74, 6) is -1.91. The number of carbonyl (C=O) groups is 2. The summed E-state index contributed by atoms with van der Waals surface area (Å²) in [6.45, 7) is 0. The van der Waals surface area contributed by atoms with Crippen LogP contribution in [0.2, 0.25) is 0 Å². The van der Waals surface area contributed by atoms with E-state index in [0.29, 0.717) is 5.69 Å². The van der Waals surface area contributed by atoms with Gasteiger partial charge in [-0.1, -0.05) is 0 Å². The number of hydrogen-bond acceptors (Lipinski definition) is 3. The molecule has 0 atom stereocenters. The highest BCUT2D eigenvalue weighted by molar-refractivity contribution is 6.04. The number of halogens is 1. The summed E-state index contributed by atoms with van der Waals surface area (Å²) in [4.78, 5) is 26.5. The molecule has 102 valence electrons. The van der Waals surface area contributed by atoms with Crippen molar-refractivity contribution in [2.24, 2.45) is 0 Å². The first-order valence-electron chi connectivity index (χ1n) is 5.57. The van der Waals surface area contributed by atoms with Crippen LogP contribution in [0.25, 0.3) is 0 Å². The quantitative estimate of drug-likeness (QED) is 0.802. The first-order chi connectivity index (χ1) is 9.56. The van der Waals surface area contributed by atoms with Crippen LogP contribution in [0.4, 0.5) is 20.6 Å². The number of hydrogen-bond donors (Lipinski definition) is 3. The summed E-state index contributed by atoms with van der Waals surface area (Å²) in [5, 5.41) is 13.7. The van der Waals surface area contributed by atoms with Crippen molar-refractivity contribution in [1.29, 1.82) is 0 Å². The molecule has 0 spiro atoms. The molecule has 0 fully saturated rings. The highest BCUT2D eigenvalue weighted by atomic mass is 19.1. The van der Waals surface area contributed by atoms with E-state index in [1.54, 1.807) is 12.1 Å². The molecule has 0 saturated carbocycles. The van der Waals surface area contributed by atoms with Gasteiger partial charge in [-0.2, -0.15) is 0 Å². The van der Waals surface area contributed by atoms with Gasteiger partial charge in [-0.05, 0) is 30.3 Å². The van der Waals surface area contributed by atoms with Crippen LogP contribution in [0.3, 0.4) is 0 Å². The molecule has 1 aromatic heterocycles. The van der Waals surface area contributed by atoms with Crippen LogP contribution in [0.15, 0.2) is 42.7 Å². The van der Waals surface area contributed by atoms with Crippen molar-refractivity contribution in [3.63, 3.8) is 0 Å². The summed E-state index contributed by atoms with van der Waals surface area (Å²) in [7, 11) is 0. The van der Waals surface area contributed by atoms with Crippen molar-refractivity contribution >= 4 is 23.4 Å². The molecule has 2 aromatic rings. The Morgan fingerprint density at radius 3 is 2.65 bits per heavy atom. The number of benzene rings is 1. The monoisotopic (exact) mass is 275 g/mol. The second kappa shape index (κ2) is 5.79. The average molecular weight is 275 g/mol. The highest BCUT2D eigenvalue weighted by Gasteiger charge is 2.13. The van der Waals surface area contributed by atoms with Crippen LogP contribution in [0.1, 0.15) is 10.4 Å². The minimum Gasteiger partial charge on any atom is -0.478 e. The lowest BCUT2D eigenvalue weighted by molar-refractivity contribution is 0.0698. The van der Waals surface area contributed by atoms with Gasteiger partial charge < -0.3 is 15.7 Å². The van der Waals surface area contributed by atoms with Gasteiger partial charge in [-0.3, -0.25) is 4.98 Å². The van der Waals surface area contributed by atoms with E-state index in [4.69, 9.17) is 5.11 Å². The molecule has 0 radical (unpaired) electrons. The lowest BCUT2D eigenvalue weighted by Crippen LogP contribution is -2.21. The molecule has 6 nitrogen and oxygen atoms in total. The fourth-order valence-electron chi connectivity index (χ4n) is 1.53. The van der Waals surface area contributed by atoms with Crippen molar-refractivity contribution in [3.05, 3.63) is 54.1 Å². The highest BCUT2D eigenvalue weighted by Crippen LogP contribution is 2.17. The van der Waals surface area contributed by atoms with Crippen LogP contribution in [0.5, 0.6) is 0 Å². The summed E-state index contributed by atoms with van der Waals surface area (Å²) < 4.78 is 13.1. The van der Waals surface area contributed by atoms with Gasteiger partial charge in [0, 0.05) is 6.20 Å². The number of nitrogens with one attached hydrogen (secondary N) is 2. The Bertz CT molecular complexity index is 647. The fourth-order valence-corrected chi connectivity index (χ4v) is 1.53. The van der Waals surface area contributed by atoms with Gasteiger partial charge in [0.15, 0.2) is 0 Å². The van der Waals surface area contributed by atoms with E-state index < -0.39 is 17.8 Å². The zero-order valence-corrected chi connectivity index (χ0v) is 10.1. The van der Waals surface area contributed by atoms with Gasteiger partial charge in [-0.15, -0.1) is 0 Å². The maximum Gasteiger partial charge on any atom is 0.337 e. The number of anilines is 2. The van der Waals surface area contributed by atoms with Gasteiger partial charge in [0.2, 0.25) is 0 Å². The number of carbonyl (C=O) groups excluding carboxylic acids is 1. The topological polar surface area (TPSA) is 91.3 Å². The molecule has 1 aromatic carbocycles. The molecule has 2 rings (SSSR count). The number of carboxylic acid groups (broad SMARTS) is 1. The minimum atomic E-state index is -1.26. The number of urea groups is 1. The van der Waals surface area contributed by atoms with Crippen molar-refractivity contribution < 1.29 is 19.1 Å². The maximum absolute atomic E-state index is 13.1. The molecule has 0 saturated heterocycles. The predicted molar refractivity (Wildman–Crippen MR) is 70.2 cm³/mol. The third-order valence-electron chi connectivity index (χ3n) is 2.38. The fraction of sp³-hybridized carbons (Fsp3) is 0. The third kappa shape index (κ3) is 3.29. The van der Waals surface area contributed by atoms with Crippen LogP contribution >= 0.6 is 0 Å². The van der Waals surface area contributed by atoms with Crippen molar-refractivity contribution in [1.82, 2.24) is 4.98 Å². The standard InChI is InChI=1S/C13H10FN3O3/c14-8-3-4-10(12(18)19)11(6-8)17-13(20)16-9-2-1-5-15-7-9/h1-7H,(H,18,19)(H2,16,17,20). The first kappa shape index (κ1) is 13.5. The Labute approximate surface area is 113 Å². The van der Waals surface area contributed by atoms with Crippen LogP contribution in [-0.4, -0.2) is 22.1 Å². The van der Waals surface area contributed by atoms with Crippen molar-refractivity contribution in [2.75, 3.05) is 10.6 Å². The van der Waals surface area contributed by atoms with E-state index in [1.807, 2.05) is 0 Å². The number of nitrogens with zero attached hydrogens (tertiary/aromatic N) is 1. The molecule has 0 aliphatic rings. The minimum absolute atomic E-state index is 0.126. The number of aromatic nitrogens is 1. The third-order valence-corrected chi connectivity index (χ3v) is 2.38. The van der Waals surface area contributed by atoms with Crippen LogP contribution < -0.4 is 10.6 Å². The number of carboxylic acids is 1. The number of aromatic carboxylic acids is 1. The SMILES string of the molecule is O=C(Nc1cccnc1)Nc1cc(F)ccc1C(=O)O. The Hall–Kier alpha value is -2.96. The number of pyridine rings is 1. The van der Waals surface area contributed by atoms with E-state index in [1.165, 1.54) is 12.4 Å². The van der Waals surface area contributed by atoms with Gasteiger partial charge in [0.05, 0.1) is 23.1 Å². The Morgan fingerprint density at radius 2 is 2.00 bits per heavy atom. The molecule has 3 N–H and O–H groups in total. The molecular formula is C13H10FN3O3. The van der Waals surface area contributed by atoms with Crippen molar-refractivity contribution in [2.45, 2.75) is 0 Å². The molecule has 0 bridgehead atoms. The Morgan fingerprint density at radius 1 is 1.20 bits per heavy atom. The Kier molecular flexibility index (Phi) is 3.90. The second-order valence-electron chi connectivity index (χ2n) is 3.82.